The Morgan fingerprint density at radius 2 is 1.89 bits per heavy atom. The Balaban J connectivity index is 1.44. The van der Waals surface area contributed by atoms with Crippen LogP contribution in [0.25, 0.3) is 16.7 Å². The fraction of sp³-hybridized carbons (Fsp3) is 0.414. The Bertz CT molecular complexity index is 1540. The molecule has 7 heteroatoms. The molecule has 4 aromatic rings. The molecule has 0 spiro atoms. The first-order valence-corrected chi connectivity index (χ1v) is 12.9. The summed E-state index contributed by atoms with van der Waals surface area (Å²) in [6.07, 6.45) is 4.99. The highest BCUT2D eigenvalue weighted by Gasteiger charge is 2.40. The number of nitrogens with zero attached hydrogens (tertiary/aromatic N) is 4. The molecule has 0 bridgehead atoms. The molecule has 1 aliphatic heterocycles. The summed E-state index contributed by atoms with van der Waals surface area (Å²) in [5.41, 5.74) is 5.64. The minimum Gasteiger partial charge on any atom is -0.340 e. The van der Waals surface area contributed by atoms with E-state index < -0.39 is 0 Å². The normalized spacial score (nSPS) is 17.8. The number of fused-ring (bicyclic) bond motifs is 2. The SMILES string of the molecule is CC(C)n1c(=O)c2cnc(Nc3ccc4c(c3)CCNC4(C)C)cc2n1-c1cccc(C2(C)CC2)n1. The van der Waals surface area contributed by atoms with Crippen molar-refractivity contribution in [2.75, 3.05) is 11.9 Å². The van der Waals surface area contributed by atoms with Crippen molar-refractivity contribution in [2.24, 2.45) is 0 Å². The van der Waals surface area contributed by atoms with Crippen molar-refractivity contribution in [3.8, 4) is 5.82 Å². The first-order valence-electron chi connectivity index (χ1n) is 12.9. The number of nitrogens with one attached hydrogen (secondary N) is 2. The minimum atomic E-state index is -0.0487. The first-order chi connectivity index (χ1) is 17.2. The van der Waals surface area contributed by atoms with Gasteiger partial charge < -0.3 is 10.6 Å². The molecule has 0 amide bonds. The van der Waals surface area contributed by atoms with Crippen LogP contribution >= 0.6 is 0 Å². The van der Waals surface area contributed by atoms with Gasteiger partial charge in [-0.05, 0) is 88.9 Å². The summed E-state index contributed by atoms with van der Waals surface area (Å²) in [4.78, 5) is 23.0. The van der Waals surface area contributed by atoms with Crippen molar-refractivity contribution >= 4 is 22.4 Å². The Morgan fingerprint density at radius 1 is 1.08 bits per heavy atom. The molecule has 3 aromatic heterocycles. The fourth-order valence-corrected chi connectivity index (χ4v) is 5.44. The van der Waals surface area contributed by atoms with Gasteiger partial charge in [0, 0.05) is 40.6 Å². The standard InChI is InChI=1S/C29H34N6O/c1-18(2)34-27(36)21-17-30-25(32-20-9-10-22-19(15-20)11-14-31-28(22,3)4)16-23(21)35(34)26-8-6-7-24(33-26)29(5)12-13-29/h6-10,15-18,31H,11-14H2,1-5H3,(H,30,32). The van der Waals surface area contributed by atoms with Crippen LogP contribution in [-0.4, -0.2) is 25.9 Å². The van der Waals surface area contributed by atoms with Crippen molar-refractivity contribution in [3.05, 3.63) is 75.8 Å². The average Bonchev–Trinajstić information content (AvgIpc) is 3.53. The van der Waals surface area contributed by atoms with E-state index >= 15 is 0 Å². The van der Waals surface area contributed by atoms with E-state index in [4.69, 9.17) is 4.98 Å². The van der Waals surface area contributed by atoms with E-state index in [9.17, 15) is 4.79 Å². The van der Waals surface area contributed by atoms with E-state index in [1.54, 1.807) is 10.9 Å². The molecule has 4 heterocycles. The summed E-state index contributed by atoms with van der Waals surface area (Å²) >= 11 is 0. The van der Waals surface area contributed by atoms with Crippen LogP contribution in [0.3, 0.4) is 0 Å². The van der Waals surface area contributed by atoms with Crippen molar-refractivity contribution in [3.63, 3.8) is 0 Å². The molecule has 1 saturated carbocycles. The Hall–Kier alpha value is -3.45. The lowest BCUT2D eigenvalue weighted by Gasteiger charge is -2.34. The fourth-order valence-electron chi connectivity index (χ4n) is 5.44. The van der Waals surface area contributed by atoms with E-state index in [-0.39, 0.29) is 22.6 Å². The molecule has 0 atom stereocenters. The van der Waals surface area contributed by atoms with Gasteiger partial charge in [0.15, 0.2) is 5.82 Å². The monoisotopic (exact) mass is 482 g/mol. The van der Waals surface area contributed by atoms with Gasteiger partial charge in [0.2, 0.25) is 0 Å². The molecule has 7 nitrogen and oxygen atoms in total. The van der Waals surface area contributed by atoms with Gasteiger partial charge in [0.1, 0.15) is 5.82 Å². The second-order valence-electron chi connectivity index (χ2n) is 11.4. The molecule has 1 fully saturated rings. The summed E-state index contributed by atoms with van der Waals surface area (Å²) in [6.45, 7) is 11.7. The number of benzene rings is 1. The summed E-state index contributed by atoms with van der Waals surface area (Å²) < 4.78 is 3.75. The first kappa shape index (κ1) is 23.0. The topological polar surface area (TPSA) is 76.8 Å². The van der Waals surface area contributed by atoms with Crippen molar-refractivity contribution < 1.29 is 0 Å². The summed E-state index contributed by atoms with van der Waals surface area (Å²) in [6, 6.07) is 14.6. The number of aromatic nitrogens is 4. The number of rotatable bonds is 5. The van der Waals surface area contributed by atoms with Crippen LogP contribution in [0.5, 0.6) is 0 Å². The molecule has 6 rings (SSSR count). The maximum atomic E-state index is 13.4. The Morgan fingerprint density at radius 3 is 2.64 bits per heavy atom. The smallest absolute Gasteiger partial charge is 0.276 e. The highest BCUT2D eigenvalue weighted by molar-refractivity contribution is 5.82. The minimum absolute atomic E-state index is 0.0270. The predicted molar refractivity (Wildman–Crippen MR) is 145 cm³/mol. The Kier molecular flexibility index (Phi) is 5.13. The van der Waals surface area contributed by atoms with Gasteiger partial charge in [-0.25, -0.2) is 19.3 Å². The predicted octanol–water partition coefficient (Wildman–Crippen LogP) is 5.34. The maximum Gasteiger partial charge on any atom is 0.276 e. The summed E-state index contributed by atoms with van der Waals surface area (Å²) in [5, 5.41) is 7.66. The van der Waals surface area contributed by atoms with Gasteiger partial charge >= 0.3 is 0 Å². The molecule has 186 valence electrons. The highest BCUT2D eigenvalue weighted by Crippen LogP contribution is 2.46. The third kappa shape index (κ3) is 3.73. The lowest BCUT2D eigenvalue weighted by atomic mass is 9.85. The van der Waals surface area contributed by atoms with Gasteiger partial charge in [-0.2, -0.15) is 0 Å². The van der Waals surface area contributed by atoms with Crippen LogP contribution in [0, 0.1) is 0 Å². The zero-order valence-electron chi connectivity index (χ0n) is 21.7. The van der Waals surface area contributed by atoms with Crippen LogP contribution < -0.4 is 16.2 Å². The number of hydrogen-bond donors (Lipinski definition) is 2. The van der Waals surface area contributed by atoms with Crippen molar-refractivity contribution in [1.29, 1.82) is 0 Å². The van der Waals surface area contributed by atoms with E-state index in [1.165, 1.54) is 11.1 Å². The number of anilines is 2. The average molecular weight is 483 g/mol. The summed E-state index contributed by atoms with van der Waals surface area (Å²) in [5.74, 6) is 1.47. The third-order valence-electron chi connectivity index (χ3n) is 7.84. The van der Waals surface area contributed by atoms with E-state index in [2.05, 4.69) is 60.7 Å². The largest absolute Gasteiger partial charge is 0.340 e. The molecular weight excluding hydrogens is 448 g/mol. The molecule has 0 unspecified atom stereocenters. The maximum absolute atomic E-state index is 13.4. The van der Waals surface area contributed by atoms with E-state index in [0.717, 1.165) is 48.5 Å². The van der Waals surface area contributed by atoms with E-state index in [1.807, 2.05) is 36.7 Å². The van der Waals surface area contributed by atoms with Crippen LogP contribution in [-0.2, 0) is 17.4 Å². The quantitative estimate of drug-likeness (QED) is 0.402. The molecule has 36 heavy (non-hydrogen) atoms. The molecule has 0 saturated heterocycles. The van der Waals surface area contributed by atoms with Crippen molar-refractivity contribution in [1.82, 2.24) is 24.6 Å². The van der Waals surface area contributed by atoms with Crippen LogP contribution in [0.15, 0.2) is 53.5 Å². The molecule has 0 radical (unpaired) electrons. The highest BCUT2D eigenvalue weighted by atomic mass is 16.1. The molecular formula is C29H34N6O. The zero-order chi connectivity index (χ0) is 25.2. The zero-order valence-corrected chi connectivity index (χ0v) is 21.7. The van der Waals surface area contributed by atoms with Gasteiger partial charge in [0.05, 0.1) is 10.9 Å². The van der Waals surface area contributed by atoms with Gasteiger partial charge in [-0.3, -0.25) is 4.79 Å². The third-order valence-corrected chi connectivity index (χ3v) is 7.84. The molecule has 2 aliphatic rings. The molecule has 1 aliphatic carbocycles. The Labute approximate surface area is 211 Å². The second-order valence-corrected chi connectivity index (χ2v) is 11.4. The second kappa shape index (κ2) is 8.03. The summed E-state index contributed by atoms with van der Waals surface area (Å²) in [7, 11) is 0. The lowest BCUT2D eigenvalue weighted by molar-refractivity contribution is 0.382. The van der Waals surface area contributed by atoms with Crippen LogP contribution in [0.1, 0.15) is 70.3 Å². The van der Waals surface area contributed by atoms with Gasteiger partial charge in [-0.15, -0.1) is 0 Å². The van der Waals surface area contributed by atoms with Crippen LogP contribution in [0.2, 0.25) is 0 Å². The van der Waals surface area contributed by atoms with Crippen molar-refractivity contribution in [2.45, 2.75) is 70.9 Å². The van der Waals surface area contributed by atoms with Gasteiger partial charge in [-0.1, -0.05) is 19.1 Å². The van der Waals surface area contributed by atoms with Gasteiger partial charge in [0.25, 0.3) is 5.56 Å². The number of pyridine rings is 2. The lowest BCUT2D eigenvalue weighted by Crippen LogP contribution is -2.42. The van der Waals surface area contributed by atoms with Crippen LogP contribution in [0.4, 0.5) is 11.5 Å². The molecule has 2 N–H and O–H groups in total. The molecule has 1 aromatic carbocycles. The number of hydrogen-bond acceptors (Lipinski definition) is 5. The van der Waals surface area contributed by atoms with E-state index in [0.29, 0.717) is 11.2 Å².